The molecular weight excluding hydrogens is 436 g/mol. The molecule has 1 aromatic carbocycles. The van der Waals surface area contributed by atoms with E-state index in [0.717, 1.165) is 24.0 Å². The molecule has 1 aromatic heterocycles. The number of rotatable bonds is 7. The predicted molar refractivity (Wildman–Crippen MR) is 120 cm³/mol. The number of likely N-dealkylation sites (tertiary alicyclic amines) is 1. The van der Waals surface area contributed by atoms with Gasteiger partial charge in [0.1, 0.15) is 11.2 Å². The summed E-state index contributed by atoms with van der Waals surface area (Å²) in [6, 6.07) is 5.86. The zero-order valence-electron chi connectivity index (χ0n) is 17.5. The van der Waals surface area contributed by atoms with Gasteiger partial charge in [-0.1, -0.05) is 36.7 Å². The number of carbonyl (C=O) groups excluding carboxylic acids is 1. The number of allylic oxidation sites excluding steroid dienone is 1. The number of nitrogens with zero attached hydrogens (tertiary/aromatic N) is 3. The maximum absolute atomic E-state index is 13.3. The predicted octanol–water partition coefficient (Wildman–Crippen LogP) is 3.10. The molecule has 31 heavy (non-hydrogen) atoms. The van der Waals surface area contributed by atoms with Gasteiger partial charge < -0.3 is 4.90 Å². The third-order valence-electron chi connectivity index (χ3n) is 6.04. The number of nitrogens with one attached hydrogen (secondary N) is 1. The van der Waals surface area contributed by atoms with E-state index in [4.69, 9.17) is 11.6 Å². The smallest absolute Gasteiger partial charge is 0.241 e. The first-order valence-corrected chi connectivity index (χ1v) is 12.5. The fraction of sp³-hybridized carbons (Fsp3) is 0.455. The molecule has 166 valence electrons. The van der Waals surface area contributed by atoms with E-state index in [0.29, 0.717) is 37.1 Å². The number of piperidine rings is 1. The maximum Gasteiger partial charge on any atom is 0.241 e. The van der Waals surface area contributed by atoms with Gasteiger partial charge in [-0.3, -0.25) is 9.48 Å². The van der Waals surface area contributed by atoms with E-state index in [1.807, 2.05) is 12.2 Å². The number of aromatic nitrogens is 2. The number of aryl methyl sites for hydroxylation is 1. The van der Waals surface area contributed by atoms with Crippen LogP contribution in [0, 0.1) is 5.92 Å². The Morgan fingerprint density at radius 3 is 2.77 bits per heavy atom. The number of carbonyl (C=O) groups is 1. The Balaban J connectivity index is 1.54. The number of halogens is 1. The van der Waals surface area contributed by atoms with E-state index in [-0.39, 0.29) is 17.2 Å². The van der Waals surface area contributed by atoms with Gasteiger partial charge in [0.15, 0.2) is 0 Å². The van der Waals surface area contributed by atoms with E-state index in [1.165, 1.54) is 0 Å². The summed E-state index contributed by atoms with van der Waals surface area (Å²) in [5.74, 6) is 0.378. The fourth-order valence-electron chi connectivity index (χ4n) is 4.07. The number of benzene rings is 1. The molecule has 1 aliphatic heterocycles. The summed E-state index contributed by atoms with van der Waals surface area (Å²) in [4.78, 5) is 15.2. The SMILES string of the molecule is CC1CCN(C(=O)C(CCn2nccc2Cl)NS(=O)(=O)c2ccc3c(c2)CC=C3)CC1. The molecule has 1 amide bonds. The minimum atomic E-state index is -3.86. The van der Waals surface area contributed by atoms with Crippen molar-refractivity contribution in [3.63, 3.8) is 0 Å². The van der Waals surface area contributed by atoms with Crippen LogP contribution in [0.5, 0.6) is 0 Å². The Morgan fingerprint density at radius 2 is 2.06 bits per heavy atom. The highest BCUT2D eigenvalue weighted by Crippen LogP contribution is 2.24. The summed E-state index contributed by atoms with van der Waals surface area (Å²) in [6.45, 7) is 3.80. The van der Waals surface area contributed by atoms with Crippen LogP contribution in [0.25, 0.3) is 6.08 Å². The maximum atomic E-state index is 13.3. The second kappa shape index (κ2) is 9.14. The zero-order chi connectivity index (χ0) is 22.0. The highest BCUT2D eigenvalue weighted by molar-refractivity contribution is 7.89. The molecule has 0 radical (unpaired) electrons. The largest absolute Gasteiger partial charge is 0.341 e. The summed E-state index contributed by atoms with van der Waals surface area (Å²) in [5.41, 5.74) is 2.00. The molecule has 2 heterocycles. The first-order chi connectivity index (χ1) is 14.8. The van der Waals surface area contributed by atoms with Crippen molar-refractivity contribution in [2.75, 3.05) is 13.1 Å². The van der Waals surface area contributed by atoms with Crippen molar-refractivity contribution in [2.24, 2.45) is 5.92 Å². The van der Waals surface area contributed by atoms with Gasteiger partial charge in [-0.2, -0.15) is 9.82 Å². The van der Waals surface area contributed by atoms with Crippen molar-refractivity contribution in [3.05, 3.63) is 52.8 Å². The Kier molecular flexibility index (Phi) is 6.50. The molecule has 0 spiro atoms. The third kappa shape index (κ3) is 5.02. The average molecular weight is 463 g/mol. The molecule has 1 aliphatic carbocycles. The van der Waals surface area contributed by atoms with E-state index < -0.39 is 16.1 Å². The number of fused-ring (bicyclic) bond motifs is 1. The number of hydrogen-bond acceptors (Lipinski definition) is 4. The Labute approximate surface area is 188 Å². The second-order valence-corrected chi connectivity index (χ2v) is 10.4. The van der Waals surface area contributed by atoms with Gasteiger partial charge in [0.2, 0.25) is 15.9 Å². The van der Waals surface area contributed by atoms with Crippen LogP contribution in [0.1, 0.15) is 37.3 Å². The van der Waals surface area contributed by atoms with Crippen LogP contribution in [0.4, 0.5) is 0 Å². The topological polar surface area (TPSA) is 84.3 Å². The lowest BCUT2D eigenvalue weighted by Crippen LogP contribution is -2.50. The monoisotopic (exact) mass is 462 g/mol. The normalized spacial score (nSPS) is 17.7. The van der Waals surface area contributed by atoms with E-state index in [1.54, 1.807) is 40.0 Å². The highest BCUT2D eigenvalue weighted by atomic mass is 35.5. The van der Waals surface area contributed by atoms with Gasteiger partial charge in [-0.05, 0) is 60.9 Å². The lowest BCUT2D eigenvalue weighted by atomic mass is 9.98. The standard InChI is InChI=1S/C22H27ClN4O3S/c1-16-8-12-26(13-9-16)22(28)20(10-14-27-21(23)7-11-24-27)25-31(29,30)19-6-5-17-3-2-4-18(17)15-19/h2-3,5-7,11,15-16,20,25H,4,8-10,12-14H2,1H3. The first kappa shape index (κ1) is 22.0. The minimum absolute atomic E-state index is 0.178. The lowest BCUT2D eigenvalue weighted by Gasteiger charge is -2.33. The van der Waals surface area contributed by atoms with Gasteiger partial charge in [-0.25, -0.2) is 8.42 Å². The van der Waals surface area contributed by atoms with Gasteiger partial charge in [0.25, 0.3) is 0 Å². The molecule has 1 unspecified atom stereocenters. The minimum Gasteiger partial charge on any atom is -0.341 e. The first-order valence-electron chi connectivity index (χ1n) is 10.6. The van der Waals surface area contributed by atoms with Gasteiger partial charge >= 0.3 is 0 Å². The van der Waals surface area contributed by atoms with Gasteiger partial charge in [-0.15, -0.1) is 0 Å². The Hall–Kier alpha value is -2.16. The van der Waals surface area contributed by atoms with Crippen molar-refractivity contribution < 1.29 is 13.2 Å². The molecule has 1 atom stereocenters. The molecule has 7 nitrogen and oxygen atoms in total. The molecule has 9 heteroatoms. The van der Waals surface area contributed by atoms with Crippen molar-refractivity contribution in [1.82, 2.24) is 19.4 Å². The molecule has 4 rings (SSSR count). The summed E-state index contributed by atoms with van der Waals surface area (Å²) in [5, 5.41) is 4.59. The Bertz CT molecular complexity index is 1090. The summed E-state index contributed by atoms with van der Waals surface area (Å²) in [6.07, 6.45) is 8.39. The highest BCUT2D eigenvalue weighted by Gasteiger charge is 2.31. The quantitative estimate of drug-likeness (QED) is 0.685. The van der Waals surface area contributed by atoms with Gasteiger partial charge in [0.05, 0.1) is 11.1 Å². The Morgan fingerprint density at radius 1 is 1.29 bits per heavy atom. The van der Waals surface area contributed by atoms with Crippen LogP contribution >= 0.6 is 11.6 Å². The van der Waals surface area contributed by atoms with E-state index in [9.17, 15) is 13.2 Å². The summed E-state index contributed by atoms with van der Waals surface area (Å²) >= 11 is 6.11. The van der Waals surface area contributed by atoms with Crippen molar-refractivity contribution in [3.8, 4) is 0 Å². The van der Waals surface area contributed by atoms with Crippen molar-refractivity contribution >= 4 is 33.6 Å². The van der Waals surface area contributed by atoms with Crippen LogP contribution < -0.4 is 4.72 Å². The molecule has 0 saturated carbocycles. The van der Waals surface area contributed by atoms with E-state index in [2.05, 4.69) is 16.7 Å². The average Bonchev–Trinajstić information content (AvgIpc) is 3.39. The molecule has 1 N–H and O–H groups in total. The zero-order valence-corrected chi connectivity index (χ0v) is 19.1. The number of hydrogen-bond donors (Lipinski definition) is 1. The molecule has 1 fully saturated rings. The molecule has 2 aliphatic rings. The molecular formula is C22H27ClN4O3S. The third-order valence-corrected chi connectivity index (χ3v) is 7.84. The summed E-state index contributed by atoms with van der Waals surface area (Å²) < 4.78 is 30.6. The van der Waals surface area contributed by atoms with Crippen molar-refractivity contribution in [2.45, 2.75) is 50.1 Å². The van der Waals surface area contributed by atoms with Gasteiger partial charge in [0, 0.05) is 19.6 Å². The molecule has 2 aromatic rings. The van der Waals surface area contributed by atoms with Crippen LogP contribution in [0.2, 0.25) is 5.15 Å². The van der Waals surface area contributed by atoms with Crippen LogP contribution in [-0.2, 0) is 27.8 Å². The number of amides is 1. The summed E-state index contributed by atoms with van der Waals surface area (Å²) in [7, 11) is -3.86. The second-order valence-electron chi connectivity index (χ2n) is 8.31. The van der Waals surface area contributed by atoms with E-state index >= 15 is 0 Å². The molecule has 1 saturated heterocycles. The van der Waals surface area contributed by atoms with Crippen LogP contribution in [0.3, 0.4) is 0 Å². The fourth-order valence-corrected chi connectivity index (χ4v) is 5.53. The lowest BCUT2D eigenvalue weighted by molar-refractivity contribution is -0.134. The van der Waals surface area contributed by atoms with Crippen LogP contribution in [0.15, 0.2) is 41.4 Å². The number of sulfonamides is 1. The van der Waals surface area contributed by atoms with Crippen LogP contribution in [-0.4, -0.2) is 48.1 Å². The van der Waals surface area contributed by atoms with Crippen molar-refractivity contribution in [1.29, 1.82) is 0 Å². The molecule has 0 bridgehead atoms.